The fourth-order valence-corrected chi connectivity index (χ4v) is 12.2. The summed E-state index contributed by atoms with van der Waals surface area (Å²) in [6.07, 6.45) is 10.5. The number of carbonyl (C=O) groups is 8. The molecule has 2 atom stereocenters. The molecule has 0 aliphatic carbocycles. The molecule has 0 heterocycles. The molecule has 8 aromatic rings. The van der Waals surface area contributed by atoms with E-state index in [-0.39, 0.29) is 48.7 Å². The van der Waals surface area contributed by atoms with Crippen molar-refractivity contribution in [1.82, 2.24) is 0 Å². The summed E-state index contributed by atoms with van der Waals surface area (Å²) in [5.74, 6) is -5.73. The Hall–Kier alpha value is -12.5. The van der Waals surface area contributed by atoms with Crippen LogP contribution in [0, 0.1) is 0 Å². The van der Waals surface area contributed by atoms with Gasteiger partial charge in [-0.3, -0.25) is 0 Å². The van der Waals surface area contributed by atoms with E-state index in [0.29, 0.717) is 101 Å². The summed E-state index contributed by atoms with van der Waals surface area (Å²) in [6, 6.07) is 46.1. The largest absolute Gasteiger partial charge is 0.494 e. The Morgan fingerprint density at radius 1 is 0.267 bits per heavy atom. The van der Waals surface area contributed by atoms with Crippen LogP contribution >= 0.6 is 0 Å². The summed E-state index contributed by atoms with van der Waals surface area (Å²) >= 11 is 0. The molecule has 0 spiro atoms. The first kappa shape index (κ1) is 89.1. The number of carbonyl (C=O) groups excluding carboxylic acids is 8. The van der Waals surface area contributed by atoms with Crippen LogP contribution in [-0.4, -0.2) is 133 Å². The Morgan fingerprint density at radius 2 is 0.448 bits per heavy atom. The molecule has 0 aromatic heterocycles. The molecule has 610 valence electrons. The van der Waals surface area contributed by atoms with Crippen LogP contribution in [0.25, 0.3) is 0 Å². The molecule has 0 saturated heterocycles. The van der Waals surface area contributed by atoms with Crippen molar-refractivity contribution in [3.63, 3.8) is 0 Å². The molecule has 0 unspecified atom stereocenters. The minimum absolute atomic E-state index is 0.00714. The van der Waals surface area contributed by atoms with Crippen LogP contribution in [0.5, 0.6) is 46.0 Å². The van der Waals surface area contributed by atoms with Crippen LogP contribution in [0.1, 0.15) is 166 Å². The molecule has 0 fully saturated rings. The van der Waals surface area contributed by atoms with Gasteiger partial charge >= 0.3 is 47.8 Å². The molecule has 0 aliphatic heterocycles. The number of aliphatic hydroxyl groups is 4. The van der Waals surface area contributed by atoms with E-state index in [1.807, 2.05) is 0 Å². The SMILES string of the molecule is C=CC(=O)OCCCCCCOc1ccc(C(=O)Oc2ccccc2C(O)(c2ccccc2OC(=O)c2ccc(OCCCCCCOC(=O)C=C)cc2)[C@@H](O)[C@H](O)C(O)(c2ccccc2OC(=O)c2ccc(OCCCCCCOC(=O)C=C)cc2)c2ccccc2OC(=O)c2ccc(OCCCCCCOC(=O)C=C)cc2)cc1. The molecule has 0 bridgehead atoms. The quantitative estimate of drug-likeness (QED) is 0.00904. The summed E-state index contributed by atoms with van der Waals surface area (Å²) < 4.78 is 68.7. The first-order valence-electron chi connectivity index (χ1n) is 38.5. The van der Waals surface area contributed by atoms with Crippen molar-refractivity contribution >= 4 is 47.8 Å². The molecule has 24 heteroatoms. The molecule has 116 heavy (non-hydrogen) atoms. The summed E-state index contributed by atoms with van der Waals surface area (Å²) in [7, 11) is 0. The van der Waals surface area contributed by atoms with Crippen molar-refractivity contribution in [2.75, 3.05) is 52.9 Å². The molecule has 0 aliphatic rings. The topological polar surface area (TPSA) is 328 Å². The first-order chi connectivity index (χ1) is 56.3. The van der Waals surface area contributed by atoms with Crippen molar-refractivity contribution in [2.24, 2.45) is 0 Å². The van der Waals surface area contributed by atoms with Gasteiger partial charge in [0.1, 0.15) is 58.2 Å². The number of hydrogen-bond acceptors (Lipinski definition) is 24. The zero-order valence-electron chi connectivity index (χ0n) is 64.7. The van der Waals surface area contributed by atoms with E-state index in [9.17, 15) is 58.8 Å². The van der Waals surface area contributed by atoms with Gasteiger partial charge in [-0.05, 0) is 224 Å². The highest BCUT2D eigenvalue weighted by Gasteiger charge is 2.56. The smallest absolute Gasteiger partial charge is 0.343 e. The highest BCUT2D eigenvalue weighted by Crippen LogP contribution is 2.50. The lowest BCUT2D eigenvalue weighted by Gasteiger charge is -2.44. The van der Waals surface area contributed by atoms with Gasteiger partial charge in [0.25, 0.3) is 0 Å². The average molecular weight is 1590 g/mol. The fraction of sp³-hybridized carbons (Fsp3) is 0.304. The summed E-state index contributed by atoms with van der Waals surface area (Å²) in [6.45, 7) is 16.0. The maximum Gasteiger partial charge on any atom is 0.343 e. The second kappa shape index (κ2) is 47.3. The Kier molecular flexibility index (Phi) is 36.3. The molecular formula is C92H98O24. The molecular weight excluding hydrogens is 1490 g/mol. The van der Waals surface area contributed by atoms with E-state index in [4.69, 9.17) is 56.8 Å². The third kappa shape index (κ3) is 26.8. The second-order valence-corrected chi connectivity index (χ2v) is 26.6. The van der Waals surface area contributed by atoms with Gasteiger partial charge in [-0.25, -0.2) is 38.4 Å². The van der Waals surface area contributed by atoms with Crippen molar-refractivity contribution < 1.29 is 116 Å². The lowest BCUT2D eigenvalue weighted by Crippen LogP contribution is -2.56. The molecule has 4 N–H and O–H groups in total. The Balaban J connectivity index is 1.14. The van der Waals surface area contributed by atoms with Crippen LogP contribution in [0.15, 0.2) is 245 Å². The van der Waals surface area contributed by atoms with Crippen LogP contribution in [0.2, 0.25) is 0 Å². The third-order valence-corrected chi connectivity index (χ3v) is 18.4. The number of para-hydroxylation sites is 4. The molecule has 0 amide bonds. The number of benzene rings is 8. The van der Waals surface area contributed by atoms with E-state index < -0.39 is 116 Å². The lowest BCUT2D eigenvalue weighted by molar-refractivity contribution is -0.168. The van der Waals surface area contributed by atoms with Gasteiger partial charge in [0.15, 0.2) is 11.2 Å². The normalized spacial score (nSPS) is 11.6. The number of ether oxygens (including phenoxy) is 12. The van der Waals surface area contributed by atoms with E-state index >= 15 is 0 Å². The van der Waals surface area contributed by atoms with Crippen molar-refractivity contribution in [2.45, 2.75) is 126 Å². The Labute approximate surface area is 674 Å². The van der Waals surface area contributed by atoms with Gasteiger partial charge in [0, 0.05) is 46.6 Å². The van der Waals surface area contributed by atoms with Gasteiger partial charge in [-0.15, -0.1) is 0 Å². The van der Waals surface area contributed by atoms with Crippen LogP contribution in [0.4, 0.5) is 0 Å². The van der Waals surface area contributed by atoms with E-state index in [1.165, 1.54) is 146 Å². The van der Waals surface area contributed by atoms with Gasteiger partial charge in [-0.2, -0.15) is 0 Å². The van der Waals surface area contributed by atoms with Gasteiger partial charge in [0.2, 0.25) is 0 Å². The number of aliphatic hydroxyl groups excluding tert-OH is 2. The molecule has 0 saturated carbocycles. The maximum absolute atomic E-state index is 14.5. The van der Waals surface area contributed by atoms with Crippen LogP contribution in [-0.2, 0) is 49.3 Å². The number of unbranched alkanes of at least 4 members (excludes halogenated alkanes) is 12. The van der Waals surface area contributed by atoms with E-state index in [0.717, 1.165) is 75.7 Å². The minimum Gasteiger partial charge on any atom is -0.494 e. The minimum atomic E-state index is -3.18. The summed E-state index contributed by atoms with van der Waals surface area (Å²) in [5, 5.41) is 56.0. The van der Waals surface area contributed by atoms with Crippen LogP contribution < -0.4 is 37.9 Å². The van der Waals surface area contributed by atoms with Crippen molar-refractivity contribution in [1.29, 1.82) is 0 Å². The monoisotopic (exact) mass is 1590 g/mol. The zero-order valence-corrected chi connectivity index (χ0v) is 64.7. The highest BCUT2D eigenvalue weighted by atomic mass is 16.6. The van der Waals surface area contributed by atoms with Gasteiger partial charge in [0.05, 0.1) is 75.1 Å². The average Bonchev–Trinajstić information content (AvgIpc) is 0.724. The maximum atomic E-state index is 14.5. The number of hydrogen-bond donors (Lipinski definition) is 4. The zero-order chi connectivity index (χ0) is 82.9. The predicted molar refractivity (Wildman–Crippen MR) is 430 cm³/mol. The van der Waals surface area contributed by atoms with Crippen molar-refractivity contribution in [3.05, 3.63) is 289 Å². The second-order valence-electron chi connectivity index (χ2n) is 26.6. The van der Waals surface area contributed by atoms with Gasteiger partial charge < -0.3 is 77.3 Å². The van der Waals surface area contributed by atoms with Gasteiger partial charge in [-0.1, -0.05) is 99.1 Å². The number of rotatable bonds is 51. The highest BCUT2D eigenvalue weighted by molar-refractivity contribution is 5.94. The molecule has 24 nitrogen and oxygen atoms in total. The fourth-order valence-electron chi connectivity index (χ4n) is 12.2. The summed E-state index contributed by atoms with van der Waals surface area (Å²) in [5.41, 5.74) is -8.08. The molecule has 8 aromatic carbocycles. The molecule has 8 rings (SSSR count). The lowest BCUT2D eigenvalue weighted by atomic mass is 9.71. The van der Waals surface area contributed by atoms with E-state index in [2.05, 4.69) is 26.3 Å². The molecule has 0 radical (unpaired) electrons. The Morgan fingerprint density at radius 3 is 0.638 bits per heavy atom. The van der Waals surface area contributed by atoms with Crippen molar-refractivity contribution in [3.8, 4) is 46.0 Å². The first-order valence-corrected chi connectivity index (χ1v) is 38.5. The number of esters is 8. The third-order valence-electron chi connectivity index (χ3n) is 18.4. The van der Waals surface area contributed by atoms with E-state index in [1.54, 1.807) is 48.5 Å². The predicted octanol–water partition coefficient (Wildman–Crippen LogP) is 15.1. The summed E-state index contributed by atoms with van der Waals surface area (Å²) in [4.78, 5) is 104. The van der Waals surface area contributed by atoms with Crippen LogP contribution in [0.3, 0.4) is 0 Å². The standard InChI is InChI=1S/C92H98O24/c1-5-81(93)109-61-29-13-9-25-57-105-69-49-41-65(42-50-69)87(99)113-77-37-21-17-33-73(77)91(103,74-34-18-22-38-78(74)114-88(100)66-43-51-70(52-44-66)106-58-26-10-14-30-62-110-82(94)6-2)85(97)86(98)92(104,75-35-19-23-39-79(75)115-89(101)67-45-53-71(54-46-67)107-59-27-11-15-31-63-111-83(95)7-3)76-36-20-24-40-80(76)116-90(102)68-47-55-72(56-48-68)108-60-28-12-16-32-64-112-84(96)8-4/h5-8,17-24,33-56,85-86,97-98,103-104H,1-4,9-16,25-32,57-64H2/t85-,86-/m0/s1. The Bertz CT molecular complexity index is 3990.